The van der Waals surface area contributed by atoms with Crippen molar-refractivity contribution >= 4 is 11.9 Å². The van der Waals surface area contributed by atoms with Gasteiger partial charge < -0.3 is 11.1 Å². The van der Waals surface area contributed by atoms with E-state index in [9.17, 15) is 9.59 Å². The number of hydrogen-bond donors (Lipinski definition) is 3. The van der Waals surface area contributed by atoms with E-state index in [-0.39, 0.29) is 6.04 Å². The van der Waals surface area contributed by atoms with E-state index >= 15 is 0 Å². The lowest BCUT2D eigenvalue weighted by molar-refractivity contribution is -0.122. The van der Waals surface area contributed by atoms with Gasteiger partial charge in [0.15, 0.2) is 0 Å². The zero-order valence-electron chi connectivity index (χ0n) is 5.55. The molecule has 1 heterocycles. The smallest absolute Gasteiger partial charge is 0.321 e. The summed E-state index contributed by atoms with van der Waals surface area (Å²) in [4.78, 5) is 21.2. The summed E-state index contributed by atoms with van der Waals surface area (Å²) < 4.78 is 0. The third-order valence-corrected chi connectivity index (χ3v) is 1.44. The Morgan fingerprint density at radius 3 is 2.60 bits per heavy atom. The first-order valence-corrected chi connectivity index (χ1v) is 2.98. The van der Waals surface area contributed by atoms with Crippen LogP contribution in [0.1, 0.15) is 6.92 Å². The number of carbonyl (C=O) groups excluding carboxylic acids is 2. The summed E-state index contributed by atoms with van der Waals surface area (Å²) in [6, 6.07) is -1.38. The monoisotopic (exact) mass is 143 g/mol. The van der Waals surface area contributed by atoms with Crippen molar-refractivity contribution < 1.29 is 9.59 Å². The van der Waals surface area contributed by atoms with Crippen molar-refractivity contribution in [3.63, 3.8) is 0 Å². The molecule has 2 unspecified atom stereocenters. The Kier molecular flexibility index (Phi) is 1.58. The summed E-state index contributed by atoms with van der Waals surface area (Å²) in [6.07, 6.45) is 0. The van der Waals surface area contributed by atoms with E-state index in [4.69, 9.17) is 5.73 Å². The second-order valence-corrected chi connectivity index (χ2v) is 2.28. The van der Waals surface area contributed by atoms with Crippen molar-refractivity contribution in [2.24, 2.45) is 5.73 Å². The van der Waals surface area contributed by atoms with Gasteiger partial charge in [-0.3, -0.25) is 10.1 Å². The van der Waals surface area contributed by atoms with Crippen LogP contribution in [0.4, 0.5) is 4.79 Å². The standard InChI is InChI=1S/C5H9N3O2/c1-2-3(6)4(9)8-5(10)7-2/h2-3H,6H2,1H3,(H2,7,8,9,10). The molecule has 5 heteroatoms. The molecule has 56 valence electrons. The van der Waals surface area contributed by atoms with E-state index in [2.05, 4.69) is 5.32 Å². The van der Waals surface area contributed by atoms with Crippen LogP contribution in [0.3, 0.4) is 0 Å². The molecule has 0 saturated carbocycles. The molecule has 3 amide bonds. The number of nitrogens with two attached hydrogens (primary N) is 1. The Bertz CT molecular complexity index is 180. The molecule has 1 saturated heterocycles. The number of hydrogen-bond acceptors (Lipinski definition) is 3. The van der Waals surface area contributed by atoms with Crippen molar-refractivity contribution in [3.8, 4) is 0 Å². The van der Waals surface area contributed by atoms with Crippen LogP contribution in [0.2, 0.25) is 0 Å². The zero-order valence-corrected chi connectivity index (χ0v) is 5.55. The Morgan fingerprint density at radius 1 is 1.50 bits per heavy atom. The number of imide groups is 1. The van der Waals surface area contributed by atoms with Crippen LogP contribution in [0.25, 0.3) is 0 Å². The maximum atomic E-state index is 10.7. The lowest BCUT2D eigenvalue weighted by Gasteiger charge is -2.25. The molecule has 0 spiro atoms. The van der Waals surface area contributed by atoms with Gasteiger partial charge in [-0.25, -0.2) is 4.79 Å². The van der Waals surface area contributed by atoms with Gasteiger partial charge in [-0.15, -0.1) is 0 Å². The highest BCUT2D eigenvalue weighted by Gasteiger charge is 2.28. The second kappa shape index (κ2) is 2.26. The Balaban J connectivity index is 2.66. The number of carbonyl (C=O) groups is 2. The molecule has 1 fully saturated rings. The lowest BCUT2D eigenvalue weighted by atomic mass is 10.1. The fraction of sp³-hybridized carbons (Fsp3) is 0.600. The van der Waals surface area contributed by atoms with Crippen molar-refractivity contribution in [2.45, 2.75) is 19.0 Å². The van der Waals surface area contributed by atoms with Crippen molar-refractivity contribution in [3.05, 3.63) is 0 Å². The summed E-state index contributed by atoms with van der Waals surface area (Å²) in [5.41, 5.74) is 5.36. The topological polar surface area (TPSA) is 84.2 Å². The normalized spacial score (nSPS) is 33.0. The van der Waals surface area contributed by atoms with Gasteiger partial charge in [-0.1, -0.05) is 0 Å². The fourth-order valence-electron chi connectivity index (χ4n) is 0.755. The van der Waals surface area contributed by atoms with Crippen LogP contribution in [0, 0.1) is 0 Å². The minimum Gasteiger partial charge on any atom is -0.333 e. The molecule has 0 aliphatic carbocycles. The highest BCUT2D eigenvalue weighted by Crippen LogP contribution is 1.94. The van der Waals surface area contributed by atoms with Gasteiger partial charge in [-0.2, -0.15) is 0 Å². The van der Waals surface area contributed by atoms with Crippen LogP contribution in [0.15, 0.2) is 0 Å². The molecule has 1 aliphatic rings. The minimum atomic E-state index is -0.627. The van der Waals surface area contributed by atoms with E-state index < -0.39 is 18.0 Å². The highest BCUT2D eigenvalue weighted by atomic mass is 16.2. The Morgan fingerprint density at radius 2 is 2.10 bits per heavy atom. The summed E-state index contributed by atoms with van der Waals surface area (Å²) in [6.45, 7) is 1.68. The van der Waals surface area contributed by atoms with Crippen LogP contribution in [-0.2, 0) is 4.79 Å². The van der Waals surface area contributed by atoms with Gasteiger partial charge in [0.05, 0.1) is 6.04 Å². The summed E-state index contributed by atoms with van der Waals surface area (Å²) >= 11 is 0. The molecule has 0 aromatic heterocycles. The molecule has 10 heavy (non-hydrogen) atoms. The first-order chi connectivity index (χ1) is 4.61. The van der Waals surface area contributed by atoms with Gasteiger partial charge in [-0.05, 0) is 6.92 Å². The van der Waals surface area contributed by atoms with Gasteiger partial charge >= 0.3 is 6.03 Å². The minimum absolute atomic E-state index is 0.277. The van der Waals surface area contributed by atoms with Crippen molar-refractivity contribution in [1.82, 2.24) is 10.6 Å². The second-order valence-electron chi connectivity index (χ2n) is 2.28. The first-order valence-electron chi connectivity index (χ1n) is 2.98. The van der Waals surface area contributed by atoms with E-state index in [1.165, 1.54) is 0 Å². The Hall–Kier alpha value is -1.10. The van der Waals surface area contributed by atoms with Gasteiger partial charge in [0.1, 0.15) is 6.04 Å². The molecule has 0 aromatic rings. The lowest BCUT2D eigenvalue weighted by Crippen LogP contribution is -2.63. The molecule has 5 nitrogen and oxygen atoms in total. The summed E-state index contributed by atoms with van der Waals surface area (Å²) in [7, 11) is 0. The third-order valence-electron chi connectivity index (χ3n) is 1.44. The molecular weight excluding hydrogens is 134 g/mol. The highest BCUT2D eigenvalue weighted by molar-refractivity contribution is 6.00. The van der Waals surface area contributed by atoms with Crippen LogP contribution in [-0.4, -0.2) is 24.0 Å². The van der Waals surface area contributed by atoms with Gasteiger partial charge in [0.2, 0.25) is 5.91 Å². The first kappa shape index (κ1) is 7.01. The number of rotatable bonds is 0. The summed E-state index contributed by atoms with van der Waals surface area (Å²) in [5.74, 6) is -0.420. The average Bonchev–Trinajstić information content (AvgIpc) is 1.82. The van der Waals surface area contributed by atoms with Gasteiger partial charge in [0, 0.05) is 0 Å². The predicted octanol–water partition coefficient (Wildman–Crippen LogP) is -1.46. The maximum absolute atomic E-state index is 10.7. The molecular formula is C5H9N3O2. The SMILES string of the molecule is CC1NC(=O)NC(=O)C1N. The summed E-state index contributed by atoms with van der Waals surface area (Å²) in [5, 5.41) is 4.51. The maximum Gasteiger partial charge on any atom is 0.321 e. The molecule has 2 atom stereocenters. The average molecular weight is 143 g/mol. The van der Waals surface area contributed by atoms with E-state index in [0.29, 0.717) is 0 Å². The number of nitrogens with one attached hydrogen (secondary N) is 2. The van der Waals surface area contributed by atoms with Crippen LogP contribution < -0.4 is 16.4 Å². The molecule has 0 radical (unpaired) electrons. The zero-order chi connectivity index (χ0) is 7.72. The molecule has 1 rings (SSSR count). The van der Waals surface area contributed by atoms with E-state index in [0.717, 1.165) is 0 Å². The van der Waals surface area contributed by atoms with E-state index in [1.54, 1.807) is 6.92 Å². The van der Waals surface area contributed by atoms with Crippen molar-refractivity contribution in [2.75, 3.05) is 0 Å². The van der Waals surface area contributed by atoms with Gasteiger partial charge in [0.25, 0.3) is 0 Å². The molecule has 0 aromatic carbocycles. The molecule has 4 N–H and O–H groups in total. The predicted molar refractivity (Wildman–Crippen MR) is 34.1 cm³/mol. The molecule has 0 bridgehead atoms. The molecule has 1 aliphatic heterocycles. The van der Waals surface area contributed by atoms with Crippen LogP contribution in [0.5, 0.6) is 0 Å². The van der Waals surface area contributed by atoms with Crippen LogP contribution >= 0.6 is 0 Å². The quantitative estimate of drug-likeness (QED) is 0.387. The fourth-order valence-corrected chi connectivity index (χ4v) is 0.755. The number of urea groups is 1. The Labute approximate surface area is 58.0 Å². The third kappa shape index (κ3) is 1.08. The number of amides is 3. The van der Waals surface area contributed by atoms with Crippen molar-refractivity contribution in [1.29, 1.82) is 0 Å². The largest absolute Gasteiger partial charge is 0.333 e. The van der Waals surface area contributed by atoms with E-state index in [1.807, 2.05) is 5.32 Å².